The van der Waals surface area contributed by atoms with Gasteiger partial charge in [-0.2, -0.15) is 5.26 Å². The Balaban J connectivity index is 1.37. The van der Waals surface area contributed by atoms with Gasteiger partial charge in [-0.25, -0.2) is 8.78 Å². The van der Waals surface area contributed by atoms with Gasteiger partial charge in [0.25, 0.3) is 5.91 Å². The number of rotatable bonds is 7. The van der Waals surface area contributed by atoms with Crippen LogP contribution in [0.1, 0.15) is 54.4 Å². The van der Waals surface area contributed by atoms with Gasteiger partial charge in [-0.05, 0) is 73.8 Å². The van der Waals surface area contributed by atoms with Gasteiger partial charge in [0.2, 0.25) is 0 Å². The second kappa shape index (κ2) is 8.78. The van der Waals surface area contributed by atoms with Gasteiger partial charge in [0.05, 0.1) is 18.6 Å². The number of carbonyl (C=O) groups excluding carboxylic acids is 1. The lowest BCUT2D eigenvalue weighted by molar-refractivity contribution is 0.0260. The zero-order chi connectivity index (χ0) is 22.8. The minimum atomic E-state index is -0.920. The minimum Gasteiger partial charge on any atom is -0.497 e. The van der Waals surface area contributed by atoms with E-state index in [0.717, 1.165) is 56.2 Å². The molecule has 0 saturated heterocycles. The summed E-state index contributed by atoms with van der Waals surface area (Å²) in [5.74, 6) is -2.19. The van der Waals surface area contributed by atoms with E-state index in [4.69, 9.17) is 9.47 Å². The van der Waals surface area contributed by atoms with E-state index in [0.29, 0.717) is 12.3 Å². The van der Waals surface area contributed by atoms with Gasteiger partial charge in [0, 0.05) is 12.1 Å². The molecule has 3 aliphatic carbocycles. The molecule has 168 valence electrons. The zero-order valence-corrected chi connectivity index (χ0v) is 18.0. The number of nitrogens with zero attached hydrogens (tertiary/aromatic N) is 1. The summed E-state index contributed by atoms with van der Waals surface area (Å²) in [5, 5.41) is 12.3. The van der Waals surface area contributed by atoms with Crippen LogP contribution in [0, 0.1) is 33.8 Å². The number of fused-ring (bicyclic) bond motifs is 3. The molecule has 5 nitrogen and oxygen atoms in total. The number of nitriles is 1. The van der Waals surface area contributed by atoms with E-state index in [1.54, 1.807) is 31.4 Å². The van der Waals surface area contributed by atoms with Crippen molar-refractivity contribution in [2.24, 2.45) is 10.8 Å². The van der Waals surface area contributed by atoms with Crippen LogP contribution in [-0.4, -0.2) is 19.6 Å². The maximum absolute atomic E-state index is 14.5. The second-order valence-corrected chi connectivity index (χ2v) is 8.98. The molecule has 7 heteroatoms. The monoisotopic (exact) mass is 440 g/mol. The van der Waals surface area contributed by atoms with Crippen LogP contribution in [0.5, 0.6) is 11.5 Å². The number of methoxy groups -OCH3 is 1. The minimum absolute atomic E-state index is 0.0178. The first-order chi connectivity index (χ1) is 15.4. The van der Waals surface area contributed by atoms with Crippen molar-refractivity contribution in [3.63, 3.8) is 0 Å². The van der Waals surface area contributed by atoms with Crippen LogP contribution in [0.25, 0.3) is 0 Å². The van der Waals surface area contributed by atoms with E-state index in [1.807, 2.05) is 0 Å². The fraction of sp³-hybridized carbons (Fsp3) is 0.440. The number of hydrogen-bond acceptors (Lipinski definition) is 4. The van der Waals surface area contributed by atoms with Crippen LogP contribution in [0.15, 0.2) is 36.4 Å². The van der Waals surface area contributed by atoms with Crippen LogP contribution < -0.4 is 14.8 Å². The fourth-order valence-electron chi connectivity index (χ4n) is 4.77. The molecule has 0 aliphatic heterocycles. The standard InChI is InChI=1S/C25H26F2N2O3/c1-31-19-4-2-17(3-5-19)14-32-22-20(26)12-18(13-21(22)27)23(30)29-16-25-9-6-24(15-28,7-10-25)8-11-25/h2-5,12-13H,6-11,14,16H2,1H3,(H,29,30). The Morgan fingerprint density at radius 1 is 1.06 bits per heavy atom. The first kappa shape index (κ1) is 22.1. The van der Waals surface area contributed by atoms with Crippen LogP contribution in [0.3, 0.4) is 0 Å². The largest absolute Gasteiger partial charge is 0.497 e. The van der Waals surface area contributed by atoms with E-state index in [9.17, 15) is 18.8 Å². The van der Waals surface area contributed by atoms with Crippen molar-refractivity contribution in [2.45, 2.75) is 45.1 Å². The zero-order valence-electron chi connectivity index (χ0n) is 18.0. The van der Waals surface area contributed by atoms with Crippen molar-refractivity contribution in [1.82, 2.24) is 5.32 Å². The summed E-state index contributed by atoms with van der Waals surface area (Å²) < 4.78 is 39.4. The lowest BCUT2D eigenvalue weighted by atomic mass is 9.54. The van der Waals surface area contributed by atoms with Gasteiger partial charge in [-0.1, -0.05) is 12.1 Å². The third-order valence-corrected chi connectivity index (χ3v) is 7.07. The Morgan fingerprint density at radius 3 is 2.19 bits per heavy atom. The summed E-state index contributed by atoms with van der Waals surface area (Å²) >= 11 is 0. The fourth-order valence-corrected chi connectivity index (χ4v) is 4.77. The van der Waals surface area contributed by atoms with Gasteiger partial charge in [0.15, 0.2) is 17.4 Å². The smallest absolute Gasteiger partial charge is 0.251 e. The molecule has 0 atom stereocenters. The van der Waals surface area contributed by atoms with Gasteiger partial charge >= 0.3 is 0 Å². The molecular formula is C25H26F2N2O3. The Bertz CT molecular complexity index is 999. The number of nitrogens with one attached hydrogen (secondary N) is 1. The Morgan fingerprint density at radius 2 is 1.66 bits per heavy atom. The Hall–Kier alpha value is -3.14. The highest BCUT2D eigenvalue weighted by Crippen LogP contribution is 2.56. The molecule has 2 aromatic rings. The maximum Gasteiger partial charge on any atom is 0.251 e. The molecule has 2 aromatic carbocycles. The topological polar surface area (TPSA) is 71.3 Å². The number of carbonyl (C=O) groups is 1. The number of halogens is 2. The van der Waals surface area contributed by atoms with Crippen LogP contribution in [0.2, 0.25) is 0 Å². The maximum atomic E-state index is 14.5. The molecule has 0 heterocycles. The van der Waals surface area contributed by atoms with Crippen molar-refractivity contribution < 1.29 is 23.0 Å². The highest BCUT2D eigenvalue weighted by atomic mass is 19.1. The molecule has 2 bridgehead atoms. The number of hydrogen-bond donors (Lipinski definition) is 1. The van der Waals surface area contributed by atoms with E-state index in [-0.39, 0.29) is 23.0 Å². The number of amides is 1. The molecule has 1 N–H and O–H groups in total. The van der Waals surface area contributed by atoms with Crippen molar-refractivity contribution >= 4 is 5.91 Å². The van der Waals surface area contributed by atoms with Gasteiger partial charge < -0.3 is 14.8 Å². The van der Waals surface area contributed by atoms with E-state index >= 15 is 0 Å². The normalized spacial score (nSPS) is 23.9. The van der Waals surface area contributed by atoms with Crippen molar-refractivity contribution in [3.8, 4) is 17.6 Å². The van der Waals surface area contributed by atoms with E-state index < -0.39 is 23.3 Å². The summed E-state index contributed by atoms with van der Waals surface area (Å²) in [6.07, 6.45) is 5.22. The van der Waals surface area contributed by atoms with Crippen molar-refractivity contribution in [3.05, 3.63) is 59.2 Å². The molecule has 0 radical (unpaired) electrons. The molecule has 3 fully saturated rings. The summed E-state index contributed by atoms with van der Waals surface area (Å²) in [6, 6.07) is 11.4. The molecule has 32 heavy (non-hydrogen) atoms. The van der Waals surface area contributed by atoms with Crippen molar-refractivity contribution in [2.75, 3.05) is 13.7 Å². The summed E-state index contributed by atoms with van der Waals surface area (Å²) in [4.78, 5) is 12.6. The van der Waals surface area contributed by atoms with Crippen molar-refractivity contribution in [1.29, 1.82) is 5.26 Å². The molecule has 0 aromatic heterocycles. The van der Waals surface area contributed by atoms with Gasteiger partial charge in [-0.15, -0.1) is 0 Å². The molecule has 1 amide bonds. The van der Waals surface area contributed by atoms with Gasteiger partial charge in [-0.3, -0.25) is 4.79 Å². The van der Waals surface area contributed by atoms with E-state index in [2.05, 4.69) is 11.4 Å². The third-order valence-electron chi connectivity index (χ3n) is 7.07. The number of benzene rings is 2. The molecule has 0 spiro atoms. The summed E-state index contributed by atoms with van der Waals surface area (Å²) in [5.41, 5.74) is 0.434. The quantitative estimate of drug-likeness (QED) is 0.647. The van der Waals surface area contributed by atoms with Crippen LogP contribution in [0.4, 0.5) is 8.78 Å². The highest BCUT2D eigenvalue weighted by molar-refractivity contribution is 5.94. The molecule has 3 aliphatic rings. The Labute approximate surface area is 186 Å². The predicted octanol–water partition coefficient (Wildman–Crippen LogP) is 5.15. The number of ether oxygens (including phenoxy) is 2. The molecule has 0 unspecified atom stereocenters. The first-order valence-electron chi connectivity index (χ1n) is 10.8. The lowest BCUT2D eigenvalue weighted by Gasteiger charge is -2.50. The summed E-state index contributed by atoms with van der Waals surface area (Å²) in [6.45, 7) is 0.433. The highest BCUT2D eigenvalue weighted by Gasteiger charge is 2.48. The first-order valence-corrected chi connectivity index (χ1v) is 10.8. The average Bonchev–Trinajstić information content (AvgIpc) is 2.83. The summed E-state index contributed by atoms with van der Waals surface area (Å²) in [7, 11) is 1.55. The van der Waals surface area contributed by atoms with Crippen LogP contribution >= 0.6 is 0 Å². The Kier molecular flexibility index (Phi) is 6.05. The SMILES string of the molecule is COc1ccc(COc2c(F)cc(C(=O)NCC34CCC(C#N)(CC3)CC4)cc2F)cc1. The molecule has 3 saturated carbocycles. The third kappa shape index (κ3) is 4.40. The second-order valence-electron chi connectivity index (χ2n) is 8.98. The predicted molar refractivity (Wildman–Crippen MR) is 114 cm³/mol. The van der Waals surface area contributed by atoms with E-state index in [1.165, 1.54) is 0 Å². The molecular weight excluding hydrogens is 414 g/mol. The van der Waals surface area contributed by atoms with Crippen LogP contribution in [-0.2, 0) is 6.61 Å². The van der Waals surface area contributed by atoms with Gasteiger partial charge in [0.1, 0.15) is 12.4 Å². The lowest BCUT2D eigenvalue weighted by Crippen LogP contribution is -2.47. The molecule has 5 rings (SSSR count). The average molecular weight is 440 g/mol.